The number of unbranched alkanes of at least 4 members (excludes halogenated alkanes) is 1. The van der Waals surface area contributed by atoms with Crippen LogP contribution in [0.2, 0.25) is 5.02 Å². The zero-order valence-corrected chi connectivity index (χ0v) is 20.7. The smallest absolute Gasteiger partial charge is 0.349 e. The van der Waals surface area contributed by atoms with Gasteiger partial charge in [0.15, 0.2) is 0 Å². The number of carboxylic acids is 1. The average Bonchev–Trinajstić information content (AvgIpc) is 2.89. The minimum absolute atomic E-state index is 0.153. The first-order chi connectivity index (χ1) is 17.5. The molecule has 0 saturated carbocycles. The molecule has 1 atom stereocenters. The van der Waals surface area contributed by atoms with Crippen molar-refractivity contribution in [2.75, 3.05) is 0 Å². The quantitative estimate of drug-likeness (QED) is 0.281. The van der Waals surface area contributed by atoms with Crippen LogP contribution >= 0.6 is 11.6 Å². The predicted molar refractivity (Wildman–Crippen MR) is 141 cm³/mol. The van der Waals surface area contributed by atoms with Gasteiger partial charge in [-0.2, -0.15) is 0 Å². The number of halogens is 1. The summed E-state index contributed by atoms with van der Waals surface area (Å²) in [5, 5.41) is 10.1. The maximum Gasteiger partial charge on any atom is 0.349 e. The second kappa shape index (κ2) is 11.7. The Hall–Kier alpha value is -3.90. The van der Waals surface area contributed by atoms with E-state index < -0.39 is 12.1 Å². The molecule has 1 N–H and O–H groups in total. The van der Waals surface area contributed by atoms with Gasteiger partial charge in [0.05, 0.1) is 12.1 Å². The molecule has 0 aliphatic carbocycles. The summed E-state index contributed by atoms with van der Waals surface area (Å²) in [7, 11) is 0. The van der Waals surface area contributed by atoms with Gasteiger partial charge in [-0.25, -0.2) is 9.78 Å². The number of hydrogen-bond acceptors (Lipinski definition) is 4. The van der Waals surface area contributed by atoms with Crippen molar-refractivity contribution in [3.8, 4) is 16.9 Å². The van der Waals surface area contributed by atoms with E-state index in [0.29, 0.717) is 46.3 Å². The number of nitrogens with zero attached hydrogens (tertiary/aromatic N) is 2. The molecule has 0 fully saturated rings. The van der Waals surface area contributed by atoms with Crippen molar-refractivity contribution >= 4 is 17.6 Å². The molecule has 36 heavy (non-hydrogen) atoms. The first-order valence-corrected chi connectivity index (χ1v) is 12.2. The Balaban J connectivity index is 1.62. The molecule has 0 saturated heterocycles. The number of benzene rings is 3. The summed E-state index contributed by atoms with van der Waals surface area (Å²) in [5.74, 6) is 0.0735. The van der Waals surface area contributed by atoms with Crippen molar-refractivity contribution in [1.29, 1.82) is 0 Å². The SMILES string of the molecule is CCCCc1ncc(-c2ccccc2Cl)c(=O)n1Cc1ccc(OC(C(=O)O)c2ccccc2)cc1. The van der Waals surface area contributed by atoms with Gasteiger partial charge in [-0.3, -0.25) is 9.36 Å². The van der Waals surface area contributed by atoms with E-state index >= 15 is 0 Å². The second-order valence-electron chi connectivity index (χ2n) is 8.45. The van der Waals surface area contributed by atoms with Crippen molar-refractivity contribution in [2.45, 2.75) is 38.8 Å². The van der Waals surface area contributed by atoms with Gasteiger partial charge >= 0.3 is 5.97 Å². The third kappa shape index (κ3) is 5.83. The Morgan fingerprint density at radius 2 is 1.69 bits per heavy atom. The van der Waals surface area contributed by atoms with E-state index in [2.05, 4.69) is 11.9 Å². The van der Waals surface area contributed by atoms with Crippen LogP contribution in [0.25, 0.3) is 11.1 Å². The van der Waals surface area contributed by atoms with E-state index in [4.69, 9.17) is 16.3 Å². The maximum atomic E-state index is 13.5. The average molecular weight is 503 g/mol. The standard InChI is InChI=1S/C29H27ClN2O4/c1-2-3-13-26-31-18-24(23-11-7-8-12-25(23)30)28(33)32(26)19-20-14-16-22(17-15-20)36-27(29(34)35)21-9-5-4-6-10-21/h4-12,14-18,27H,2-3,13,19H2,1H3,(H,34,35). The molecule has 1 unspecified atom stereocenters. The molecule has 184 valence electrons. The van der Waals surface area contributed by atoms with E-state index in [9.17, 15) is 14.7 Å². The number of carboxylic acid groups (broad SMARTS) is 1. The zero-order valence-electron chi connectivity index (χ0n) is 19.9. The van der Waals surface area contributed by atoms with Gasteiger partial charge in [0.2, 0.25) is 6.10 Å². The molecule has 4 rings (SSSR count). The summed E-state index contributed by atoms with van der Waals surface area (Å²) < 4.78 is 7.45. The zero-order chi connectivity index (χ0) is 25.5. The fraction of sp³-hybridized carbons (Fsp3) is 0.207. The number of hydrogen-bond donors (Lipinski definition) is 1. The molecule has 1 heterocycles. The Morgan fingerprint density at radius 3 is 2.36 bits per heavy atom. The van der Waals surface area contributed by atoms with E-state index in [-0.39, 0.29) is 5.56 Å². The second-order valence-corrected chi connectivity index (χ2v) is 8.86. The number of aliphatic carboxylic acids is 1. The van der Waals surface area contributed by atoms with Crippen molar-refractivity contribution in [3.63, 3.8) is 0 Å². The Bertz CT molecular complexity index is 1380. The normalized spacial score (nSPS) is 11.7. The van der Waals surface area contributed by atoms with Crippen LogP contribution in [0.15, 0.2) is 89.9 Å². The first kappa shape index (κ1) is 25.2. The summed E-state index contributed by atoms with van der Waals surface area (Å²) in [5.41, 5.74) is 2.37. The fourth-order valence-corrected chi connectivity index (χ4v) is 4.21. The number of aromatic nitrogens is 2. The molecule has 4 aromatic rings. The summed E-state index contributed by atoms with van der Waals surface area (Å²) in [6.07, 6.45) is 3.09. The monoisotopic (exact) mass is 502 g/mol. The van der Waals surface area contributed by atoms with Crippen LogP contribution in [-0.2, 0) is 17.8 Å². The lowest BCUT2D eigenvalue weighted by Gasteiger charge is -2.17. The molecule has 0 radical (unpaired) electrons. The molecule has 7 heteroatoms. The summed E-state index contributed by atoms with van der Waals surface area (Å²) in [4.78, 5) is 29.9. The van der Waals surface area contributed by atoms with E-state index in [1.807, 2.05) is 36.4 Å². The minimum atomic E-state index is -1.11. The van der Waals surface area contributed by atoms with Gasteiger partial charge in [-0.15, -0.1) is 0 Å². The molecule has 6 nitrogen and oxygen atoms in total. The lowest BCUT2D eigenvalue weighted by Crippen LogP contribution is -2.27. The fourth-order valence-electron chi connectivity index (χ4n) is 3.97. The van der Waals surface area contributed by atoms with Crippen molar-refractivity contribution in [1.82, 2.24) is 9.55 Å². The predicted octanol–water partition coefficient (Wildman–Crippen LogP) is 6.16. The first-order valence-electron chi connectivity index (χ1n) is 11.8. The van der Waals surface area contributed by atoms with E-state index in [1.54, 1.807) is 53.2 Å². The lowest BCUT2D eigenvalue weighted by atomic mass is 10.1. The third-order valence-corrected chi connectivity index (χ3v) is 6.22. The molecule has 0 spiro atoms. The Morgan fingerprint density at radius 1 is 1.00 bits per heavy atom. The van der Waals surface area contributed by atoms with E-state index in [0.717, 1.165) is 18.4 Å². The number of ether oxygens (including phenoxy) is 1. The topological polar surface area (TPSA) is 81.4 Å². The summed E-state index contributed by atoms with van der Waals surface area (Å²) in [6.45, 7) is 2.42. The van der Waals surface area contributed by atoms with Crippen LogP contribution in [0.5, 0.6) is 5.75 Å². The molecular weight excluding hydrogens is 476 g/mol. The Labute approximate surface area is 214 Å². The van der Waals surface area contributed by atoms with Crippen molar-refractivity contribution in [3.05, 3.63) is 117 Å². The van der Waals surface area contributed by atoms with Crippen LogP contribution in [-0.4, -0.2) is 20.6 Å². The summed E-state index contributed by atoms with van der Waals surface area (Å²) >= 11 is 6.36. The van der Waals surface area contributed by atoms with Gasteiger partial charge in [0, 0.05) is 28.8 Å². The highest BCUT2D eigenvalue weighted by atomic mass is 35.5. The van der Waals surface area contributed by atoms with Gasteiger partial charge in [0.25, 0.3) is 5.56 Å². The van der Waals surface area contributed by atoms with Crippen LogP contribution in [0, 0.1) is 0 Å². The molecule has 0 aliphatic rings. The maximum absolute atomic E-state index is 13.5. The highest BCUT2D eigenvalue weighted by Gasteiger charge is 2.21. The van der Waals surface area contributed by atoms with Gasteiger partial charge in [0.1, 0.15) is 11.6 Å². The molecule has 0 aliphatic heterocycles. The minimum Gasteiger partial charge on any atom is -0.478 e. The molecule has 3 aromatic carbocycles. The molecule has 0 bridgehead atoms. The number of aryl methyl sites for hydroxylation is 1. The molecular formula is C29H27ClN2O4. The molecule has 0 amide bonds. The Kier molecular flexibility index (Phi) is 8.18. The van der Waals surface area contributed by atoms with Crippen LogP contribution in [0.3, 0.4) is 0 Å². The van der Waals surface area contributed by atoms with Gasteiger partial charge in [-0.1, -0.05) is 85.6 Å². The highest BCUT2D eigenvalue weighted by Crippen LogP contribution is 2.26. The van der Waals surface area contributed by atoms with Gasteiger partial charge in [-0.05, 0) is 30.2 Å². The molecule has 1 aromatic heterocycles. The number of carbonyl (C=O) groups is 1. The highest BCUT2D eigenvalue weighted by molar-refractivity contribution is 6.33. The van der Waals surface area contributed by atoms with Crippen molar-refractivity contribution < 1.29 is 14.6 Å². The summed E-state index contributed by atoms with van der Waals surface area (Å²) in [6, 6.07) is 23.1. The van der Waals surface area contributed by atoms with Crippen LogP contribution in [0.1, 0.15) is 42.8 Å². The third-order valence-electron chi connectivity index (χ3n) is 5.89. The van der Waals surface area contributed by atoms with E-state index in [1.165, 1.54) is 0 Å². The number of rotatable bonds is 10. The van der Waals surface area contributed by atoms with Crippen LogP contribution in [0.4, 0.5) is 0 Å². The van der Waals surface area contributed by atoms with Crippen LogP contribution < -0.4 is 10.3 Å². The van der Waals surface area contributed by atoms with Crippen molar-refractivity contribution in [2.24, 2.45) is 0 Å². The largest absolute Gasteiger partial charge is 0.478 e. The lowest BCUT2D eigenvalue weighted by molar-refractivity contribution is -0.145. The van der Waals surface area contributed by atoms with Gasteiger partial charge < -0.3 is 9.84 Å².